The zero-order chi connectivity index (χ0) is 16.1. The topological polar surface area (TPSA) is 52.6 Å². The number of hydrogen-bond acceptors (Lipinski definition) is 4. The first-order valence-corrected chi connectivity index (χ1v) is 8.43. The molecule has 4 nitrogen and oxygen atoms in total. The molecule has 0 aliphatic rings. The summed E-state index contributed by atoms with van der Waals surface area (Å²) in [5, 5.41) is 0. The quantitative estimate of drug-likeness (QED) is 0.394. The van der Waals surface area contributed by atoms with Crippen molar-refractivity contribution in [3.05, 3.63) is 0 Å². The smallest absolute Gasteiger partial charge is 0.311 e. The van der Waals surface area contributed by atoms with Crippen LogP contribution in [0.15, 0.2) is 0 Å². The minimum atomic E-state index is -0.250. The van der Waals surface area contributed by atoms with Crippen LogP contribution in [0.25, 0.3) is 0 Å². The van der Waals surface area contributed by atoms with Gasteiger partial charge in [0.05, 0.1) is 11.8 Å². The van der Waals surface area contributed by atoms with Gasteiger partial charge in [-0.15, -0.1) is 0 Å². The Balaban J connectivity index is 4.04. The van der Waals surface area contributed by atoms with Crippen LogP contribution in [0.4, 0.5) is 0 Å². The fourth-order valence-corrected chi connectivity index (χ4v) is 2.26. The maximum Gasteiger partial charge on any atom is 0.311 e. The van der Waals surface area contributed by atoms with E-state index in [4.69, 9.17) is 9.47 Å². The molecule has 0 aliphatic heterocycles. The van der Waals surface area contributed by atoms with E-state index in [1.165, 1.54) is 0 Å². The highest BCUT2D eigenvalue weighted by molar-refractivity contribution is 5.73. The van der Waals surface area contributed by atoms with Crippen LogP contribution in [0.3, 0.4) is 0 Å². The maximum atomic E-state index is 11.9. The molecule has 2 atom stereocenters. The lowest BCUT2D eigenvalue weighted by molar-refractivity contribution is -0.173. The van der Waals surface area contributed by atoms with Crippen LogP contribution in [0.2, 0.25) is 0 Å². The van der Waals surface area contributed by atoms with Crippen molar-refractivity contribution in [1.29, 1.82) is 0 Å². The van der Waals surface area contributed by atoms with Gasteiger partial charge in [-0.3, -0.25) is 9.59 Å². The Hall–Kier alpha value is -1.06. The zero-order valence-electron chi connectivity index (χ0n) is 14.2. The van der Waals surface area contributed by atoms with Gasteiger partial charge in [0.1, 0.15) is 0 Å². The Morgan fingerprint density at radius 2 is 1.14 bits per heavy atom. The van der Waals surface area contributed by atoms with Gasteiger partial charge < -0.3 is 9.47 Å². The highest BCUT2D eigenvalue weighted by Gasteiger charge is 2.20. The van der Waals surface area contributed by atoms with E-state index in [0.29, 0.717) is 0 Å². The van der Waals surface area contributed by atoms with Crippen LogP contribution in [0.1, 0.15) is 79.1 Å². The van der Waals surface area contributed by atoms with E-state index in [1.54, 1.807) is 0 Å². The molecule has 0 aromatic heterocycles. The van der Waals surface area contributed by atoms with Gasteiger partial charge in [0.25, 0.3) is 0 Å². The third kappa shape index (κ3) is 8.74. The first-order valence-electron chi connectivity index (χ1n) is 8.43. The molecule has 0 fully saturated rings. The number of hydrogen-bond donors (Lipinski definition) is 0. The van der Waals surface area contributed by atoms with Crippen LogP contribution >= 0.6 is 0 Å². The second-order valence-electron chi connectivity index (χ2n) is 5.54. The van der Waals surface area contributed by atoms with Crippen molar-refractivity contribution in [3.63, 3.8) is 0 Å². The molecule has 124 valence electrons. The summed E-state index contributed by atoms with van der Waals surface area (Å²) in [6, 6.07) is 0. The van der Waals surface area contributed by atoms with Crippen molar-refractivity contribution < 1.29 is 19.1 Å². The molecule has 0 rings (SSSR count). The first-order chi connectivity index (χ1) is 10.1. The summed E-state index contributed by atoms with van der Waals surface area (Å²) in [4.78, 5) is 23.7. The molecule has 0 saturated heterocycles. The second-order valence-corrected chi connectivity index (χ2v) is 5.54. The molecule has 2 unspecified atom stereocenters. The van der Waals surface area contributed by atoms with Gasteiger partial charge in [-0.05, 0) is 25.7 Å². The average molecular weight is 300 g/mol. The number of carbonyl (C=O) groups is 2. The predicted molar refractivity (Wildman–Crippen MR) is 83.7 cm³/mol. The molecule has 21 heavy (non-hydrogen) atoms. The van der Waals surface area contributed by atoms with Gasteiger partial charge in [-0.2, -0.15) is 0 Å². The molecular weight excluding hydrogens is 268 g/mol. The van der Waals surface area contributed by atoms with Gasteiger partial charge in [-0.1, -0.05) is 53.4 Å². The second kappa shape index (κ2) is 12.7. The zero-order valence-corrected chi connectivity index (χ0v) is 14.2. The SMILES string of the molecule is CCCCC(CC)C(=O)OCOC(=O)C(CC)CCCC. The van der Waals surface area contributed by atoms with E-state index in [0.717, 1.165) is 51.4 Å². The van der Waals surface area contributed by atoms with Crippen LogP contribution in [0.5, 0.6) is 0 Å². The van der Waals surface area contributed by atoms with Crippen molar-refractivity contribution in [3.8, 4) is 0 Å². The number of ether oxygens (including phenoxy) is 2. The summed E-state index contributed by atoms with van der Waals surface area (Å²) < 4.78 is 10.2. The van der Waals surface area contributed by atoms with E-state index in [1.807, 2.05) is 13.8 Å². The molecular formula is C17H32O4. The lowest BCUT2D eigenvalue weighted by atomic mass is 10.00. The van der Waals surface area contributed by atoms with Crippen molar-refractivity contribution in [2.75, 3.05) is 6.79 Å². The molecule has 0 aliphatic carbocycles. The molecule has 0 bridgehead atoms. The fraction of sp³-hybridized carbons (Fsp3) is 0.882. The maximum absolute atomic E-state index is 11.9. The van der Waals surface area contributed by atoms with Crippen molar-refractivity contribution >= 4 is 11.9 Å². The summed E-state index contributed by atoms with van der Waals surface area (Å²) in [7, 11) is 0. The van der Waals surface area contributed by atoms with Crippen molar-refractivity contribution in [1.82, 2.24) is 0 Å². The Morgan fingerprint density at radius 1 is 0.762 bits per heavy atom. The molecule has 4 heteroatoms. The largest absolute Gasteiger partial charge is 0.428 e. The third-order valence-corrected chi connectivity index (χ3v) is 3.87. The number of esters is 2. The summed E-state index contributed by atoms with van der Waals surface area (Å²) >= 11 is 0. The van der Waals surface area contributed by atoms with Gasteiger partial charge in [0.15, 0.2) is 0 Å². The monoisotopic (exact) mass is 300 g/mol. The Morgan fingerprint density at radius 3 is 1.43 bits per heavy atom. The number of carbonyl (C=O) groups excluding carboxylic acids is 2. The van der Waals surface area contributed by atoms with E-state index >= 15 is 0 Å². The highest BCUT2D eigenvalue weighted by Crippen LogP contribution is 2.16. The van der Waals surface area contributed by atoms with Crippen molar-refractivity contribution in [2.45, 2.75) is 79.1 Å². The van der Waals surface area contributed by atoms with E-state index in [2.05, 4.69) is 13.8 Å². The van der Waals surface area contributed by atoms with Crippen LogP contribution in [-0.2, 0) is 19.1 Å². The molecule has 0 aromatic rings. The molecule has 0 radical (unpaired) electrons. The summed E-state index contributed by atoms with van der Waals surface area (Å²) in [5.74, 6) is -0.655. The lowest BCUT2D eigenvalue weighted by Crippen LogP contribution is -2.23. The first kappa shape index (κ1) is 19.9. The van der Waals surface area contributed by atoms with E-state index in [9.17, 15) is 9.59 Å². The highest BCUT2D eigenvalue weighted by atomic mass is 16.7. The summed E-state index contributed by atoms with van der Waals surface area (Å²) in [5.41, 5.74) is 0. The van der Waals surface area contributed by atoms with E-state index < -0.39 is 0 Å². The minimum absolute atomic E-state index is 0.0780. The van der Waals surface area contributed by atoms with Crippen LogP contribution in [0, 0.1) is 11.8 Å². The van der Waals surface area contributed by atoms with Gasteiger partial charge in [0.2, 0.25) is 6.79 Å². The molecule has 0 amide bonds. The average Bonchev–Trinajstić information content (AvgIpc) is 2.48. The molecule has 0 heterocycles. The van der Waals surface area contributed by atoms with Crippen molar-refractivity contribution in [2.24, 2.45) is 11.8 Å². The Bertz CT molecular complexity index is 261. The van der Waals surface area contributed by atoms with E-state index in [-0.39, 0.29) is 30.6 Å². The lowest BCUT2D eigenvalue weighted by Gasteiger charge is -2.16. The predicted octanol–water partition coefficient (Wildman–Crippen LogP) is 4.46. The molecule has 0 N–H and O–H groups in total. The Labute approximate surface area is 129 Å². The molecule has 0 aromatic carbocycles. The molecule has 0 saturated carbocycles. The normalized spacial score (nSPS) is 13.5. The summed E-state index contributed by atoms with van der Waals surface area (Å²) in [6.07, 6.45) is 7.37. The van der Waals surface area contributed by atoms with Crippen LogP contribution in [-0.4, -0.2) is 18.7 Å². The summed E-state index contributed by atoms with van der Waals surface area (Å²) in [6.45, 7) is 7.90. The van der Waals surface area contributed by atoms with Gasteiger partial charge in [0, 0.05) is 0 Å². The minimum Gasteiger partial charge on any atom is -0.428 e. The molecule has 0 spiro atoms. The number of rotatable bonds is 12. The van der Waals surface area contributed by atoms with Crippen LogP contribution < -0.4 is 0 Å². The third-order valence-electron chi connectivity index (χ3n) is 3.87. The van der Waals surface area contributed by atoms with Gasteiger partial charge in [-0.25, -0.2) is 0 Å². The van der Waals surface area contributed by atoms with Gasteiger partial charge >= 0.3 is 11.9 Å². The standard InChI is InChI=1S/C17H32O4/c1-5-9-11-14(7-3)16(18)20-13-21-17(19)15(8-4)12-10-6-2/h14-15H,5-13H2,1-4H3. The number of unbranched alkanes of at least 4 members (excludes halogenated alkanes) is 2. The Kier molecular flexibility index (Phi) is 12.0. The fourth-order valence-electron chi connectivity index (χ4n) is 2.26.